The zero-order valence-corrected chi connectivity index (χ0v) is 18.3. The lowest BCUT2D eigenvalue weighted by atomic mass is 9.94. The summed E-state index contributed by atoms with van der Waals surface area (Å²) >= 11 is 0. The molecule has 0 saturated carbocycles. The van der Waals surface area contributed by atoms with E-state index in [1.54, 1.807) is 28.6 Å². The highest BCUT2D eigenvalue weighted by molar-refractivity contribution is 7.89. The van der Waals surface area contributed by atoms with Crippen molar-refractivity contribution in [2.75, 3.05) is 18.4 Å². The summed E-state index contributed by atoms with van der Waals surface area (Å²) in [5.41, 5.74) is 2.32. The topological polar surface area (TPSA) is 92.5 Å². The minimum absolute atomic E-state index is 0.140. The highest BCUT2D eigenvalue weighted by Gasteiger charge is 2.31. The molecule has 1 amide bonds. The summed E-state index contributed by atoms with van der Waals surface area (Å²) in [6, 6.07) is 6.39. The second-order valence-electron chi connectivity index (χ2n) is 8.14. The summed E-state index contributed by atoms with van der Waals surface area (Å²) in [5.74, 6) is 1.29. The molecule has 1 fully saturated rings. The second-order valence-corrected chi connectivity index (χ2v) is 10.1. The van der Waals surface area contributed by atoms with Crippen molar-refractivity contribution < 1.29 is 17.7 Å². The number of hydrogen-bond acceptors (Lipinski definition) is 5. The fraction of sp³-hybridized carbons (Fsp3) is 0.524. The SMILES string of the molecule is Cc1noc(C)c1CCC(=O)Nc1ccc(S(=O)(=O)N2C[C@H](C)C[C@@H](C)C2)cc1. The molecule has 1 aliphatic heterocycles. The van der Waals surface area contributed by atoms with Crippen molar-refractivity contribution in [2.45, 2.75) is 51.9 Å². The van der Waals surface area contributed by atoms with Crippen LogP contribution in [0.15, 0.2) is 33.7 Å². The maximum atomic E-state index is 12.9. The molecule has 3 rings (SSSR count). The molecule has 0 radical (unpaired) electrons. The highest BCUT2D eigenvalue weighted by Crippen LogP contribution is 2.27. The minimum atomic E-state index is -3.52. The van der Waals surface area contributed by atoms with Crippen LogP contribution in [0.5, 0.6) is 0 Å². The maximum Gasteiger partial charge on any atom is 0.243 e. The summed E-state index contributed by atoms with van der Waals surface area (Å²) in [6.07, 6.45) is 1.89. The van der Waals surface area contributed by atoms with Gasteiger partial charge in [0.2, 0.25) is 15.9 Å². The van der Waals surface area contributed by atoms with Gasteiger partial charge in [0.1, 0.15) is 5.76 Å². The summed E-state index contributed by atoms with van der Waals surface area (Å²) in [7, 11) is -3.52. The van der Waals surface area contributed by atoms with Gasteiger partial charge < -0.3 is 9.84 Å². The molecule has 2 atom stereocenters. The van der Waals surface area contributed by atoms with Crippen LogP contribution in [-0.4, -0.2) is 36.9 Å². The van der Waals surface area contributed by atoms with Crippen LogP contribution < -0.4 is 5.32 Å². The standard InChI is InChI=1S/C21H29N3O4S/c1-14-11-15(2)13-24(12-14)29(26,27)19-7-5-18(6-8-19)22-21(25)10-9-20-16(3)23-28-17(20)4/h5-8,14-15H,9-13H2,1-4H3,(H,22,25)/t14-,15-/m1/s1. The van der Waals surface area contributed by atoms with Crippen LogP contribution >= 0.6 is 0 Å². The normalized spacial score (nSPS) is 20.6. The Morgan fingerprint density at radius 2 is 1.79 bits per heavy atom. The van der Waals surface area contributed by atoms with E-state index in [1.807, 2.05) is 13.8 Å². The number of amides is 1. The first-order valence-corrected chi connectivity index (χ1v) is 11.4. The van der Waals surface area contributed by atoms with Gasteiger partial charge in [0, 0.05) is 30.8 Å². The molecular weight excluding hydrogens is 390 g/mol. The number of rotatable bonds is 6. The quantitative estimate of drug-likeness (QED) is 0.773. The zero-order chi connectivity index (χ0) is 21.2. The largest absolute Gasteiger partial charge is 0.361 e. The van der Waals surface area contributed by atoms with Gasteiger partial charge in [-0.25, -0.2) is 8.42 Å². The van der Waals surface area contributed by atoms with Gasteiger partial charge in [-0.3, -0.25) is 4.79 Å². The molecule has 1 N–H and O–H groups in total. The van der Waals surface area contributed by atoms with Gasteiger partial charge in [-0.2, -0.15) is 4.31 Å². The van der Waals surface area contributed by atoms with Crippen LogP contribution in [-0.2, 0) is 21.2 Å². The Labute approximate surface area is 172 Å². The monoisotopic (exact) mass is 419 g/mol. The molecule has 29 heavy (non-hydrogen) atoms. The van der Waals surface area contributed by atoms with E-state index in [-0.39, 0.29) is 10.8 Å². The number of aromatic nitrogens is 1. The molecule has 0 spiro atoms. The third kappa shape index (κ3) is 5.05. The van der Waals surface area contributed by atoms with Crippen molar-refractivity contribution in [1.82, 2.24) is 9.46 Å². The van der Waals surface area contributed by atoms with Crippen molar-refractivity contribution in [3.8, 4) is 0 Å². The summed E-state index contributed by atoms with van der Waals surface area (Å²) in [5, 5.41) is 6.71. The van der Waals surface area contributed by atoms with E-state index >= 15 is 0 Å². The Morgan fingerprint density at radius 1 is 1.17 bits per heavy atom. The van der Waals surface area contributed by atoms with E-state index in [0.717, 1.165) is 23.4 Å². The van der Waals surface area contributed by atoms with E-state index in [9.17, 15) is 13.2 Å². The number of aryl methyl sites for hydroxylation is 2. The highest BCUT2D eigenvalue weighted by atomic mass is 32.2. The lowest BCUT2D eigenvalue weighted by molar-refractivity contribution is -0.116. The van der Waals surface area contributed by atoms with Gasteiger partial charge in [-0.1, -0.05) is 19.0 Å². The third-order valence-corrected chi connectivity index (χ3v) is 7.24. The zero-order valence-electron chi connectivity index (χ0n) is 17.4. The maximum absolute atomic E-state index is 12.9. The molecule has 0 unspecified atom stereocenters. The molecular formula is C21H29N3O4S. The minimum Gasteiger partial charge on any atom is -0.361 e. The van der Waals surface area contributed by atoms with E-state index in [2.05, 4.69) is 24.3 Å². The first-order valence-electron chi connectivity index (χ1n) is 9.98. The number of sulfonamides is 1. The van der Waals surface area contributed by atoms with E-state index in [0.29, 0.717) is 43.5 Å². The Kier molecular flexibility index (Phi) is 6.43. The molecule has 1 aliphatic rings. The van der Waals surface area contributed by atoms with Crippen molar-refractivity contribution in [3.63, 3.8) is 0 Å². The number of nitrogens with one attached hydrogen (secondary N) is 1. The molecule has 7 nitrogen and oxygen atoms in total. The molecule has 2 heterocycles. The number of benzene rings is 1. The van der Waals surface area contributed by atoms with Gasteiger partial charge in [0.05, 0.1) is 10.6 Å². The van der Waals surface area contributed by atoms with Gasteiger partial charge >= 0.3 is 0 Å². The average Bonchev–Trinajstić information content (AvgIpc) is 2.97. The van der Waals surface area contributed by atoms with Gasteiger partial charge in [0.25, 0.3) is 0 Å². The number of nitrogens with zero attached hydrogens (tertiary/aromatic N) is 2. The molecule has 0 bridgehead atoms. The lowest BCUT2D eigenvalue weighted by Gasteiger charge is -2.34. The third-order valence-electron chi connectivity index (χ3n) is 5.39. The smallest absolute Gasteiger partial charge is 0.243 e. The molecule has 1 aromatic heterocycles. The van der Waals surface area contributed by atoms with Crippen LogP contribution in [0, 0.1) is 25.7 Å². The van der Waals surface area contributed by atoms with Crippen LogP contribution in [0.1, 0.15) is 43.7 Å². The summed E-state index contributed by atoms with van der Waals surface area (Å²) in [4.78, 5) is 12.5. The van der Waals surface area contributed by atoms with E-state index in [4.69, 9.17) is 4.52 Å². The van der Waals surface area contributed by atoms with Crippen LogP contribution in [0.3, 0.4) is 0 Å². The lowest BCUT2D eigenvalue weighted by Crippen LogP contribution is -2.42. The molecule has 0 aliphatic carbocycles. The molecule has 1 aromatic carbocycles. The van der Waals surface area contributed by atoms with Crippen molar-refractivity contribution in [3.05, 3.63) is 41.3 Å². The van der Waals surface area contributed by atoms with Crippen molar-refractivity contribution in [2.24, 2.45) is 11.8 Å². The number of hydrogen-bond donors (Lipinski definition) is 1. The van der Waals surface area contributed by atoms with Gasteiger partial charge in [0.15, 0.2) is 0 Å². The first kappa shape index (κ1) is 21.5. The van der Waals surface area contributed by atoms with E-state index in [1.165, 1.54) is 0 Å². The van der Waals surface area contributed by atoms with Crippen molar-refractivity contribution >= 4 is 21.6 Å². The Hall–Kier alpha value is -2.19. The van der Waals surface area contributed by atoms with Crippen LogP contribution in [0.25, 0.3) is 0 Å². The molecule has 8 heteroatoms. The fourth-order valence-electron chi connectivity index (χ4n) is 3.98. The Morgan fingerprint density at radius 3 is 2.34 bits per heavy atom. The fourth-order valence-corrected chi connectivity index (χ4v) is 5.66. The number of carbonyl (C=O) groups is 1. The molecule has 1 saturated heterocycles. The van der Waals surface area contributed by atoms with Crippen LogP contribution in [0.2, 0.25) is 0 Å². The predicted molar refractivity (Wildman–Crippen MR) is 111 cm³/mol. The molecule has 158 valence electrons. The Balaban J connectivity index is 1.61. The Bertz CT molecular complexity index is 937. The number of anilines is 1. The predicted octanol–water partition coefficient (Wildman–Crippen LogP) is 3.53. The van der Waals surface area contributed by atoms with Crippen molar-refractivity contribution in [1.29, 1.82) is 0 Å². The van der Waals surface area contributed by atoms with Gasteiger partial charge in [-0.15, -0.1) is 0 Å². The molecule has 2 aromatic rings. The summed E-state index contributed by atoms with van der Waals surface area (Å²) < 4.78 is 32.6. The van der Waals surface area contributed by atoms with Crippen LogP contribution in [0.4, 0.5) is 5.69 Å². The summed E-state index contributed by atoms with van der Waals surface area (Å²) in [6.45, 7) is 8.95. The average molecular weight is 420 g/mol. The van der Waals surface area contributed by atoms with Gasteiger partial charge in [-0.05, 0) is 62.8 Å². The number of piperidine rings is 1. The van der Waals surface area contributed by atoms with E-state index < -0.39 is 10.0 Å². The second kappa shape index (κ2) is 8.67. The first-order chi connectivity index (χ1) is 13.7. The number of carbonyl (C=O) groups excluding carboxylic acids is 1.